The van der Waals surface area contributed by atoms with Gasteiger partial charge in [0.2, 0.25) is 0 Å². The van der Waals surface area contributed by atoms with Gasteiger partial charge in [-0.15, -0.1) is 0 Å². The number of benzene rings is 1. The summed E-state index contributed by atoms with van der Waals surface area (Å²) in [6.07, 6.45) is 1.08. The van der Waals surface area contributed by atoms with Crippen LogP contribution >= 0.6 is 0 Å². The summed E-state index contributed by atoms with van der Waals surface area (Å²) < 4.78 is 11.3. The van der Waals surface area contributed by atoms with Crippen LogP contribution in [0.5, 0.6) is 5.75 Å². The van der Waals surface area contributed by atoms with E-state index in [-0.39, 0.29) is 0 Å². The molecular formula is C18H27NO6. The highest BCUT2D eigenvalue weighted by molar-refractivity contribution is 6.27. The zero-order chi connectivity index (χ0) is 18.8. The Labute approximate surface area is 148 Å². The van der Waals surface area contributed by atoms with Crippen molar-refractivity contribution in [2.24, 2.45) is 0 Å². The highest BCUT2D eigenvalue weighted by Crippen LogP contribution is 2.23. The van der Waals surface area contributed by atoms with Gasteiger partial charge in [-0.2, -0.15) is 0 Å². The molecule has 0 atom stereocenters. The first kappa shape index (κ1) is 20.9. The lowest BCUT2D eigenvalue weighted by Crippen LogP contribution is -2.37. The number of nitrogens with zero attached hydrogens (tertiary/aromatic N) is 1. The molecule has 1 aliphatic rings. The fraction of sp³-hybridized carbons (Fsp3) is 0.556. The van der Waals surface area contributed by atoms with Gasteiger partial charge in [0.25, 0.3) is 0 Å². The second-order valence-electron chi connectivity index (χ2n) is 5.97. The largest absolute Gasteiger partial charge is 0.493 e. The average Bonchev–Trinajstić information content (AvgIpc) is 2.57. The number of carboxylic acid groups (broad SMARTS) is 2. The third-order valence-corrected chi connectivity index (χ3v) is 3.93. The van der Waals surface area contributed by atoms with Gasteiger partial charge in [0.1, 0.15) is 5.75 Å². The molecule has 2 N–H and O–H groups in total. The lowest BCUT2D eigenvalue weighted by Gasteiger charge is -2.26. The molecule has 0 aliphatic carbocycles. The molecule has 7 nitrogen and oxygen atoms in total. The van der Waals surface area contributed by atoms with Crippen LogP contribution in [-0.2, 0) is 14.3 Å². The molecule has 0 unspecified atom stereocenters. The number of aryl methyl sites for hydroxylation is 2. The fourth-order valence-electron chi connectivity index (χ4n) is 2.45. The number of hydrogen-bond acceptors (Lipinski definition) is 5. The Hall–Kier alpha value is -2.12. The van der Waals surface area contributed by atoms with E-state index in [4.69, 9.17) is 29.3 Å². The van der Waals surface area contributed by atoms with E-state index in [2.05, 4.69) is 37.8 Å². The van der Waals surface area contributed by atoms with E-state index >= 15 is 0 Å². The van der Waals surface area contributed by atoms with Crippen molar-refractivity contribution in [1.82, 2.24) is 4.90 Å². The minimum absolute atomic E-state index is 0.793. The third kappa shape index (κ3) is 8.00. The van der Waals surface area contributed by atoms with Crippen LogP contribution in [0.2, 0.25) is 0 Å². The zero-order valence-electron chi connectivity index (χ0n) is 15.1. The summed E-state index contributed by atoms with van der Waals surface area (Å²) in [4.78, 5) is 20.6. The Morgan fingerprint density at radius 1 is 1.12 bits per heavy atom. The van der Waals surface area contributed by atoms with Crippen molar-refractivity contribution in [3.63, 3.8) is 0 Å². The number of carboxylic acids is 2. The van der Waals surface area contributed by atoms with Gasteiger partial charge in [0, 0.05) is 19.6 Å². The van der Waals surface area contributed by atoms with Crippen LogP contribution < -0.4 is 4.74 Å². The first-order valence-corrected chi connectivity index (χ1v) is 8.28. The minimum atomic E-state index is -1.82. The summed E-state index contributed by atoms with van der Waals surface area (Å²) in [6, 6.07) is 4.34. The van der Waals surface area contributed by atoms with Crippen molar-refractivity contribution in [1.29, 1.82) is 0 Å². The van der Waals surface area contributed by atoms with Gasteiger partial charge in [-0.25, -0.2) is 9.59 Å². The van der Waals surface area contributed by atoms with Gasteiger partial charge in [-0.1, -0.05) is 6.07 Å². The molecule has 0 spiro atoms. The molecule has 25 heavy (non-hydrogen) atoms. The van der Waals surface area contributed by atoms with Crippen LogP contribution in [0.3, 0.4) is 0 Å². The van der Waals surface area contributed by atoms with E-state index < -0.39 is 11.9 Å². The first-order chi connectivity index (χ1) is 11.8. The highest BCUT2D eigenvalue weighted by Gasteiger charge is 2.10. The molecule has 0 amide bonds. The van der Waals surface area contributed by atoms with E-state index in [1.54, 1.807) is 0 Å². The van der Waals surface area contributed by atoms with Gasteiger partial charge < -0.3 is 19.7 Å². The Bertz CT molecular complexity index is 569. The lowest BCUT2D eigenvalue weighted by molar-refractivity contribution is -0.159. The Balaban J connectivity index is 0.000000450. The molecule has 1 aromatic rings. The van der Waals surface area contributed by atoms with Crippen molar-refractivity contribution >= 4 is 11.9 Å². The standard InChI is InChI=1S/C16H25NO2.C2H2O4/c1-13-11-14(2)15(3)16(12-13)19-8-4-5-17-6-9-18-10-7-17;3-1(4)2(5)6/h11-12H,4-10H2,1-3H3;(H,3,4)(H,5,6). The molecule has 0 radical (unpaired) electrons. The maximum atomic E-state index is 9.10. The second kappa shape index (κ2) is 10.7. The van der Waals surface area contributed by atoms with Crippen LogP contribution in [0.15, 0.2) is 12.1 Å². The number of rotatable bonds is 5. The third-order valence-electron chi connectivity index (χ3n) is 3.93. The van der Waals surface area contributed by atoms with Gasteiger partial charge in [0.05, 0.1) is 19.8 Å². The zero-order valence-corrected chi connectivity index (χ0v) is 15.1. The SMILES string of the molecule is Cc1cc(C)c(C)c(OCCCN2CCOCC2)c1.O=C(O)C(=O)O. The highest BCUT2D eigenvalue weighted by atomic mass is 16.5. The van der Waals surface area contributed by atoms with Gasteiger partial charge >= 0.3 is 11.9 Å². The first-order valence-electron chi connectivity index (χ1n) is 8.28. The van der Waals surface area contributed by atoms with E-state index in [9.17, 15) is 0 Å². The van der Waals surface area contributed by atoms with Crippen molar-refractivity contribution in [2.75, 3.05) is 39.5 Å². The quantitative estimate of drug-likeness (QED) is 0.616. The molecule has 2 rings (SSSR count). The summed E-state index contributed by atoms with van der Waals surface area (Å²) in [7, 11) is 0. The lowest BCUT2D eigenvalue weighted by atomic mass is 10.1. The van der Waals surface area contributed by atoms with E-state index in [1.165, 1.54) is 16.7 Å². The van der Waals surface area contributed by atoms with Gasteiger partial charge in [-0.05, 0) is 49.9 Å². The van der Waals surface area contributed by atoms with Crippen molar-refractivity contribution < 1.29 is 29.3 Å². The minimum Gasteiger partial charge on any atom is -0.493 e. The smallest absolute Gasteiger partial charge is 0.414 e. The predicted molar refractivity (Wildman–Crippen MR) is 93.3 cm³/mol. The number of ether oxygens (including phenoxy) is 2. The van der Waals surface area contributed by atoms with Gasteiger partial charge in [-0.3, -0.25) is 4.90 Å². The molecule has 1 heterocycles. The van der Waals surface area contributed by atoms with Crippen molar-refractivity contribution in [2.45, 2.75) is 27.2 Å². The Morgan fingerprint density at radius 2 is 1.72 bits per heavy atom. The summed E-state index contributed by atoms with van der Waals surface area (Å²) in [5, 5.41) is 14.8. The molecule has 1 saturated heterocycles. The van der Waals surface area contributed by atoms with E-state index in [0.29, 0.717) is 0 Å². The molecular weight excluding hydrogens is 326 g/mol. The number of carbonyl (C=O) groups is 2. The predicted octanol–water partition coefficient (Wildman–Crippen LogP) is 1.87. The maximum absolute atomic E-state index is 9.10. The van der Waals surface area contributed by atoms with Crippen LogP contribution in [0.1, 0.15) is 23.1 Å². The second-order valence-corrected chi connectivity index (χ2v) is 5.97. The topological polar surface area (TPSA) is 96.3 Å². The molecule has 140 valence electrons. The van der Waals surface area contributed by atoms with Crippen LogP contribution in [0.4, 0.5) is 0 Å². The monoisotopic (exact) mass is 353 g/mol. The average molecular weight is 353 g/mol. The molecule has 1 fully saturated rings. The summed E-state index contributed by atoms with van der Waals surface area (Å²) >= 11 is 0. The van der Waals surface area contributed by atoms with Crippen LogP contribution in [0, 0.1) is 20.8 Å². The van der Waals surface area contributed by atoms with Crippen LogP contribution in [-0.4, -0.2) is 66.5 Å². The number of morpholine rings is 1. The molecule has 1 aromatic carbocycles. The van der Waals surface area contributed by atoms with Gasteiger partial charge in [0.15, 0.2) is 0 Å². The molecule has 7 heteroatoms. The molecule has 0 bridgehead atoms. The van der Waals surface area contributed by atoms with E-state index in [1.807, 2.05) is 0 Å². The fourth-order valence-corrected chi connectivity index (χ4v) is 2.45. The molecule has 1 aliphatic heterocycles. The maximum Gasteiger partial charge on any atom is 0.414 e. The van der Waals surface area contributed by atoms with Crippen molar-refractivity contribution in [3.8, 4) is 5.75 Å². The summed E-state index contributed by atoms with van der Waals surface area (Å²) in [5.74, 6) is -2.61. The van der Waals surface area contributed by atoms with E-state index in [0.717, 1.165) is 51.6 Å². The van der Waals surface area contributed by atoms with Crippen LogP contribution in [0.25, 0.3) is 0 Å². The molecule has 0 aromatic heterocycles. The summed E-state index contributed by atoms with van der Waals surface area (Å²) in [5.41, 5.74) is 3.84. The summed E-state index contributed by atoms with van der Waals surface area (Å²) in [6.45, 7) is 12.1. The number of aliphatic carboxylic acids is 2. The van der Waals surface area contributed by atoms with Crippen molar-refractivity contribution in [3.05, 3.63) is 28.8 Å². The Morgan fingerprint density at radius 3 is 2.28 bits per heavy atom. The number of hydrogen-bond donors (Lipinski definition) is 2. The Kier molecular flexibility index (Phi) is 8.94. The normalized spacial score (nSPS) is 14.4. The molecule has 0 saturated carbocycles.